The molecule has 33 heavy (non-hydrogen) atoms. The first-order valence-corrected chi connectivity index (χ1v) is 11.9. The summed E-state index contributed by atoms with van der Waals surface area (Å²) in [5.74, 6) is 0.890. The first kappa shape index (κ1) is 23.3. The highest BCUT2D eigenvalue weighted by atomic mass is 16.5. The number of fused-ring (bicyclic) bond motifs is 1. The van der Waals surface area contributed by atoms with Crippen LogP contribution in [0.3, 0.4) is 0 Å². The number of amides is 2. The molecule has 2 N–H and O–H groups in total. The van der Waals surface area contributed by atoms with Crippen molar-refractivity contribution < 1.29 is 14.3 Å². The number of benzene rings is 2. The minimum Gasteiger partial charge on any atom is -0.494 e. The van der Waals surface area contributed by atoms with E-state index in [0.29, 0.717) is 25.9 Å². The number of carbonyl (C=O) groups excluding carboxylic acids is 2. The van der Waals surface area contributed by atoms with Crippen molar-refractivity contribution in [3.63, 3.8) is 0 Å². The number of hydrogen-bond donors (Lipinski definition) is 2. The zero-order valence-electron chi connectivity index (χ0n) is 19.4. The zero-order chi connectivity index (χ0) is 23.0. The Morgan fingerprint density at radius 1 is 1.09 bits per heavy atom. The van der Waals surface area contributed by atoms with Crippen LogP contribution in [-0.4, -0.2) is 68.0 Å². The molecule has 2 amide bonds. The summed E-state index contributed by atoms with van der Waals surface area (Å²) in [5.41, 5.74) is 3.10. The molecule has 2 heterocycles. The van der Waals surface area contributed by atoms with Gasteiger partial charge in [0.2, 0.25) is 11.8 Å². The van der Waals surface area contributed by atoms with E-state index < -0.39 is 0 Å². The Bertz CT molecular complexity index is 942. The zero-order valence-corrected chi connectivity index (χ0v) is 19.4. The molecular formula is C26H34N4O3. The van der Waals surface area contributed by atoms with E-state index in [1.165, 1.54) is 0 Å². The molecule has 1 atom stereocenters. The first-order chi connectivity index (χ1) is 16.1. The van der Waals surface area contributed by atoms with Crippen LogP contribution < -0.4 is 15.4 Å². The van der Waals surface area contributed by atoms with E-state index in [1.54, 1.807) is 0 Å². The van der Waals surface area contributed by atoms with Gasteiger partial charge in [0.15, 0.2) is 0 Å². The predicted molar refractivity (Wildman–Crippen MR) is 129 cm³/mol. The van der Waals surface area contributed by atoms with Gasteiger partial charge in [0.25, 0.3) is 0 Å². The number of nitrogens with zero attached hydrogens (tertiary/aromatic N) is 2. The lowest BCUT2D eigenvalue weighted by Crippen LogP contribution is -2.47. The third-order valence-corrected chi connectivity index (χ3v) is 6.36. The van der Waals surface area contributed by atoms with Crippen LogP contribution in [0, 0.1) is 0 Å². The van der Waals surface area contributed by atoms with Gasteiger partial charge >= 0.3 is 0 Å². The van der Waals surface area contributed by atoms with Crippen molar-refractivity contribution in [3.8, 4) is 5.75 Å². The Labute approximate surface area is 196 Å². The monoisotopic (exact) mass is 450 g/mol. The molecule has 0 aliphatic carbocycles. The van der Waals surface area contributed by atoms with Crippen molar-refractivity contribution in [1.29, 1.82) is 0 Å². The van der Waals surface area contributed by atoms with Gasteiger partial charge in [-0.25, -0.2) is 0 Å². The molecule has 2 aromatic rings. The van der Waals surface area contributed by atoms with Crippen LogP contribution in [0.15, 0.2) is 48.5 Å². The first-order valence-electron chi connectivity index (χ1n) is 11.9. The molecule has 1 fully saturated rings. The van der Waals surface area contributed by atoms with Gasteiger partial charge in [0.05, 0.1) is 12.6 Å². The number of rotatable bonds is 9. The second-order valence-electron chi connectivity index (χ2n) is 8.95. The molecule has 176 valence electrons. The van der Waals surface area contributed by atoms with Crippen molar-refractivity contribution in [3.05, 3.63) is 59.7 Å². The van der Waals surface area contributed by atoms with Crippen molar-refractivity contribution in [2.45, 2.75) is 31.7 Å². The molecule has 0 aromatic heterocycles. The molecule has 7 heteroatoms. The van der Waals surface area contributed by atoms with E-state index in [0.717, 1.165) is 61.7 Å². The maximum Gasteiger partial charge on any atom is 0.224 e. The fraction of sp³-hybridized carbons (Fsp3) is 0.462. The van der Waals surface area contributed by atoms with E-state index >= 15 is 0 Å². The molecule has 2 aliphatic rings. The van der Waals surface area contributed by atoms with E-state index in [9.17, 15) is 9.59 Å². The smallest absolute Gasteiger partial charge is 0.224 e. The van der Waals surface area contributed by atoms with Gasteiger partial charge in [0.1, 0.15) is 5.75 Å². The number of carbonyl (C=O) groups is 2. The Morgan fingerprint density at radius 2 is 1.88 bits per heavy atom. The standard InChI is InChI=1S/C26H34N4O3/c1-29-13-15-30(16-14-29)19-24(20-6-3-2-4-7-20)28-25(31)8-5-17-33-22-10-11-23-21(18-22)9-12-26(32)27-23/h2-4,6-7,10-11,18,24H,5,8-9,12-17,19H2,1H3,(H,27,32)(H,28,31). The number of aryl methyl sites for hydroxylation is 1. The lowest BCUT2D eigenvalue weighted by atomic mass is 10.0. The van der Waals surface area contributed by atoms with E-state index in [1.807, 2.05) is 36.4 Å². The lowest BCUT2D eigenvalue weighted by Gasteiger charge is -2.35. The molecule has 4 rings (SSSR count). The third-order valence-electron chi connectivity index (χ3n) is 6.36. The largest absolute Gasteiger partial charge is 0.494 e. The number of anilines is 1. The highest BCUT2D eigenvalue weighted by Gasteiger charge is 2.21. The normalized spacial score (nSPS) is 17.7. The second-order valence-corrected chi connectivity index (χ2v) is 8.95. The molecule has 0 saturated carbocycles. The SMILES string of the molecule is CN1CCN(CC(NC(=O)CCCOc2ccc3c(c2)CCC(=O)N3)c2ccccc2)CC1. The van der Waals surface area contributed by atoms with Crippen molar-refractivity contribution in [2.75, 3.05) is 51.7 Å². The number of likely N-dealkylation sites (N-methyl/N-ethyl adjacent to an activating group) is 1. The van der Waals surface area contributed by atoms with Gasteiger partial charge in [-0.3, -0.25) is 14.5 Å². The summed E-state index contributed by atoms with van der Waals surface area (Å²) >= 11 is 0. The molecule has 2 aromatic carbocycles. The number of piperazine rings is 1. The van der Waals surface area contributed by atoms with E-state index in [2.05, 4.69) is 39.6 Å². The summed E-state index contributed by atoms with van der Waals surface area (Å²) in [6.07, 6.45) is 2.31. The minimum absolute atomic E-state index is 0.0149. The van der Waals surface area contributed by atoms with Crippen molar-refractivity contribution >= 4 is 17.5 Å². The van der Waals surface area contributed by atoms with Gasteiger partial charge in [-0.1, -0.05) is 30.3 Å². The van der Waals surface area contributed by atoms with Crippen LogP contribution in [-0.2, 0) is 16.0 Å². The third kappa shape index (κ3) is 6.79. The van der Waals surface area contributed by atoms with Crippen molar-refractivity contribution in [1.82, 2.24) is 15.1 Å². The quantitative estimate of drug-likeness (QED) is 0.575. The van der Waals surface area contributed by atoms with Crippen LogP contribution >= 0.6 is 0 Å². The van der Waals surface area contributed by atoms with Crippen LogP contribution in [0.5, 0.6) is 5.75 Å². The Kier molecular flexibility index (Phi) is 7.96. The number of nitrogens with one attached hydrogen (secondary N) is 2. The predicted octanol–water partition coefficient (Wildman–Crippen LogP) is 2.84. The van der Waals surface area contributed by atoms with E-state index in [4.69, 9.17) is 4.74 Å². The molecule has 0 spiro atoms. The maximum absolute atomic E-state index is 12.7. The fourth-order valence-electron chi connectivity index (χ4n) is 4.35. The summed E-state index contributed by atoms with van der Waals surface area (Å²) < 4.78 is 5.86. The molecule has 0 radical (unpaired) electrons. The highest BCUT2D eigenvalue weighted by molar-refractivity contribution is 5.94. The number of ether oxygens (including phenoxy) is 1. The van der Waals surface area contributed by atoms with Gasteiger partial charge in [-0.05, 0) is 49.2 Å². The molecule has 2 aliphatic heterocycles. The van der Waals surface area contributed by atoms with Crippen molar-refractivity contribution in [2.24, 2.45) is 0 Å². The average molecular weight is 451 g/mol. The van der Waals surface area contributed by atoms with Gasteiger partial charge in [-0.15, -0.1) is 0 Å². The summed E-state index contributed by atoms with van der Waals surface area (Å²) in [5, 5.41) is 6.12. The second kappa shape index (κ2) is 11.3. The molecular weight excluding hydrogens is 416 g/mol. The average Bonchev–Trinajstić information content (AvgIpc) is 2.83. The fourth-order valence-corrected chi connectivity index (χ4v) is 4.35. The summed E-state index contributed by atoms with van der Waals surface area (Å²) in [6, 6.07) is 15.9. The molecule has 7 nitrogen and oxygen atoms in total. The summed E-state index contributed by atoms with van der Waals surface area (Å²) in [6.45, 7) is 5.46. The van der Waals surface area contributed by atoms with Crippen LogP contribution in [0.4, 0.5) is 5.69 Å². The van der Waals surface area contributed by atoms with Gasteiger partial charge in [0, 0.05) is 51.3 Å². The summed E-state index contributed by atoms with van der Waals surface area (Å²) in [4.78, 5) is 29.0. The van der Waals surface area contributed by atoms with Gasteiger partial charge < -0.3 is 20.3 Å². The highest BCUT2D eigenvalue weighted by Crippen LogP contribution is 2.27. The Hall–Kier alpha value is -2.90. The van der Waals surface area contributed by atoms with Crippen LogP contribution in [0.2, 0.25) is 0 Å². The van der Waals surface area contributed by atoms with Gasteiger partial charge in [-0.2, -0.15) is 0 Å². The Morgan fingerprint density at radius 3 is 2.67 bits per heavy atom. The molecule has 1 saturated heterocycles. The van der Waals surface area contributed by atoms with E-state index in [-0.39, 0.29) is 17.9 Å². The molecule has 0 bridgehead atoms. The maximum atomic E-state index is 12.7. The molecule has 1 unspecified atom stereocenters. The van der Waals surface area contributed by atoms with Crippen LogP contribution in [0.1, 0.15) is 36.4 Å². The minimum atomic E-state index is -0.0149. The van der Waals surface area contributed by atoms with Crippen LogP contribution in [0.25, 0.3) is 0 Å². The Balaban J connectivity index is 1.25. The lowest BCUT2D eigenvalue weighted by molar-refractivity contribution is -0.122. The summed E-state index contributed by atoms with van der Waals surface area (Å²) in [7, 11) is 2.15. The number of hydrogen-bond acceptors (Lipinski definition) is 5. The topological polar surface area (TPSA) is 73.9 Å².